The third-order valence-electron chi connectivity index (χ3n) is 2.24. The van der Waals surface area contributed by atoms with Gasteiger partial charge in [0.2, 0.25) is 0 Å². The normalized spacial score (nSPS) is 10.0. The highest BCUT2D eigenvalue weighted by molar-refractivity contribution is 6.31. The third-order valence-corrected chi connectivity index (χ3v) is 2.52. The molecule has 84 valence electrons. The molecule has 1 aromatic carbocycles. The van der Waals surface area contributed by atoms with Crippen LogP contribution in [0.4, 0.5) is 8.78 Å². The van der Waals surface area contributed by atoms with Gasteiger partial charge in [-0.1, -0.05) is 11.6 Å². The number of rotatable bonds is 1. The van der Waals surface area contributed by atoms with Crippen molar-refractivity contribution < 1.29 is 8.78 Å². The van der Waals surface area contributed by atoms with E-state index in [4.69, 9.17) is 16.9 Å². The second kappa shape index (κ2) is 4.48. The van der Waals surface area contributed by atoms with Gasteiger partial charge in [0, 0.05) is 17.3 Å². The molecule has 0 spiro atoms. The van der Waals surface area contributed by atoms with E-state index in [-0.39, 0.29) is 21.8 Å². The lowest BCUT2D eigenvalue weighted by molar-refractivity contribution is 0.603. The van der Waals surface area contributed by atoms with Crippen LogP contribution in [0.15, 0.2) is 30.5 Å². The van der Waals surface area contributed by atoms with E-state index >= 15 is 0 Å². The Morgan fingerprint density at radius 2 is 1.94 bits per heavy atom. The van der Waals surface area contributed by atoms with E-state index in [0.29, 0.717) is 0 Å². The van der Waals surface area contributed by atoms with Crippen molar-refractivity contribution in [2.45, 2.75) is 0 Å². The zero-order valence-electron chi connectivity index (χ0n) is 8.42. The Bertz CT molecular complexity index is 620. The van der Waals surface area contributed by atoms with Gasteiger partial charge in [0.25, 0.3) is 0 Å². The minimum absolute atomic E-state index is 0.00847. The van der Waals surface area contributed by atoms with Crippen molar-refractivity contribution in [1.82, 2.24) is 4.98 Å². The fraction of sp³-hybridized carbons (Fsp3) is 0. The molecule has 0 unspecified atom stereocenters. The average molecular weight is 251 g/mol. The molecule has 2 nitrogen and oxygen atoms in total. The molecule has 0 aliphatic rings. The summed E-state index contributed by atoms with van der Waals surface area (Å²) in [5.74, 6) is -1.21. The summed E-state index contributed by atoms with van der Waals surface area (Å²) in [7, 11) is 0. The molecule has 1 aromatic heterocycles. The number of nitriles is 1. The van der Waals surface area contributed by atoms with E-state index in [1.54, 1.807) is 0 Å². The van der Waals surface area contributed by atoms with Gasteiger partial charge in [0.1, 0.15) is 22.9 Å². The monoisotopic (exact) mass is 250 g/mol. The Labute approximate surface area is 101 Å². The minimum atomic E-state index is -0.620. The molecule has 2 rings (SSSR count). The standard InChI is InChI=1S/C12H5ClF2N2/c13-12-10(6-16)8(3-4-17-12)9-5-7(14)1-2-11(9)15/h1-5H. The summed E-state index contributed by atoms with van der Waals surface area (Å²) in [6, 6.07) is 6.27. The smallest absolute Gasteiger partial charge is 0.147 e. The molecular formula is C12H5ClF2N2. The van der Waals surface area contributed by atoms with Crippen LogP contribution < -0.4 is 0 Å². The molecule has 0 saturated heterocycles. The first-order valence-corrected chi connectivity index (χ1v) is 5.01. The summed E-state index contributed by atoms with van der Waals surface area (Å²) in [4.78, 5) is 3.71. The van der Waals surface area contributed by atoms with Crippen LogP contribution in [-0.4, -0.2) is 4.98 Å². The number of pyridine rings is 1. The molecule has 0 N–H and O–H groups in total. The van der Waals surface area contributed by atoms with E-state index in [0.717, 1.165) is 18.2 Å². The van der Waals surface area contributed by atoms with Crippen molar-refractivity contribution in [2.24, 2.45) is 0 Å². The van der Waals surface area contributed by atoms with Crippen LogP contribution in [0, 0.1) is 23.0 Å². The Hall–Kier alpha value is -1.99. The number of aromatic nitrogens is 1. The molecule has 0 saturated carbocycles. The number of nitrogens with zero attached hydrogens (tertiary/aromatic N) is 2. The summed E-state index contributed by atoms with van der Waals surface area (Å²) in [5, 5.41) is 8.90. The molecule has 0 aliphatic heterocycles. The molecule has 0 atom stereocenters. The highest BCUT2D eigenvalue weighted by Gasteiger charge is 2.13. The third kappa shape index (κ3) is 2.10. The SMILES string of the molecule is N#Cc1c(-c2cc(F)ccc2F)ccnc1Cl. The molecule has 5 heteroatoms. The van der Waals surface area contributed by atoms with Gasteiger partial charge in [-0.15, -0.1) is 0 Å². The fourth-order valence-electron chi connectivity index (χ4n) is 1.47. The predicted octanol–water partition coefficient (Wildman–Crippen LogP) is 3.55. The molecule has 2 aromatic rings. The number of benzene rings is 1. The fourth-order valence-corrected chi connectivity index (χ4v) is 1.67. The topological polar surface area (TPSA) is 36.7 Å². The Balaban J connectivity index is 2.73. The molecule has 0 fully saturated rings. The van der Waals surface area contributed by atoms with E-state index in [1.165, 1.54) is 12.3 Å². The second-order valence-corrected chi connectivity index (χ2v) is 3.62. The molecule has 0 amide bonds. The Morgan fingerprint density at radius 1 is 1.18 bits per heavy atom. The zero-order valence-corrected chi connectivity index (χ0v) is 9.17. The van der Waals surface area contributed by atoms with Gasteiger partial charge in [-0.25, -0.2) is 13.8 Å². The van der Waals surface area contributed by atoms with Crippen molar-refractivity contribution in [1.29, 1.82) is 5.26 Å². The van der Waals surface area contributed by atoms with Crippen molar-refractivity contribution in [3.8, 4) is 17.2 Å². The van der Waals surface area contributed by atoms with Crippen molar-refractivity contribution in [3.63, 3.8) is 0 Å². The number of hydrogen-bond acceptors (Lipinski definition) is 2. The first kappa shape index (κ1) is 11.5. The van der Waals surface area contributed by atoms with Gasteiger partial charge in [-0.05, 0) is 24.3 Å². The largest absolute Gasteiger partial charge is 0.243 e. The molecule has 0 aliphatic carbocycles. The van der Waals surface area contributed by atoms with Crippen LogP contribution in [0.3, 0.4) is 0 Å². The summed E-state index contributed by atoms with van der Waals surface area (Å²) in [6.45, 7) is 0. The maximum atomic E-state index is 13.6. The van der Waals surface area contributed by atoms with Gasteiger partial charge < -0.3 is 0 Å². The van der Waals surface area contributed by atoms with Gasteiger partial charge in [-0.2, -0.15) is 5.26 Å². The Morgan fingerprint density at radius 3 is 2.65 bits per heavy atom. The van der Waals surface area contributed by atoms with E-state index in [1.807, 2.05) is 6.07 Å². The highest BCUT2D eigenvalue weighted by atomic mass is 35.5. The van der Waals surface area contributed by atoms with Gasteiger partial charge in [0.15, 0.2) is 0 Å². The van der Waals surface area contributed by atoms with Crippen molar-refractivity contribution in [3.05, 3.63) is 52.8 Å². The van der Waals surface area contributed by atoms with Crippen LogP contribution in [0.2, 0.25) is 5.15 Å². The summed E-state index contributed by atoms with van der Waals surface area (Å²) < 4.78 is 26.6. The molecule has 0 radical (unpaired) electrons. The quantitative estimate of drug-likeness (QED) is 0.726. The minimum Gasteiger partial charge on any atom is -0.243 e. The van der Waals surface area contributed by atoms with Gasteiger partial charge in [-0.3, -0.25) is 0 Å². The van der Waals surface area contributed by atoms with Gasteiger partial charge in [0.05, 0.1) is 5.56 Å². The van der Waals surface area contributed by atoms with Crippen LogP contribution >= 0.6 is 11.6 Å². The molecular weight excluding hydrogens is 246 g/mol. The molecule has 17 heavy (non-hydrogen) atoms. The first-order valence-electron chi connectivity index (χ1n) is 4.63. The number of halogens is 3. The summed E-state index contributed by atoms with van der Waals surface area (Å²) >= 11 is 5.72. The highest BCUT2D eigenvalue weighted by Crippen LogP contribution is 2.29. The maximum Gasteiger partial charge on any atom is 0.147 e. The molecule has 1 heterocycles. The Kier molecular flexibility index (Phi) is 3.03. The maximum absolute atomic E-state index is 13.6. The van der Waals surface area contributed by atoms with E-state index in [9.17, 15) is 8.78 Å². The lowest BCUT2D eigenvalue weighted by Crippen LogP contribution is -1.92. The lowest BCUT2D eigenvalue weighted by atomic mass is 10.0. The van der Waals surface area contributed by atoms with E-state index in [2.05, 4.69) is 4.98 Å². The zero-order chi connectivity index (χ0) is 12.4. The summed E-state index contributed by atoms with van der Waals surface area (Å²) in [6.07, 6.45) is 1.34. The first-order chi connectivity index (χ1) is 8.13. The van der Waals surface area contributed by atoms with Crippen LogP contribution in [0.5, 0.6) is 0 Å². The average Bonchev–Trinajstić information content (AvgIpc) is 2.32. The van der Waals surface area contributed by atoms with Gasteiger partial charge >= 0.3 is 0 Å². The summed E-state index contributed by atoms with van der Waals surface area (Å²) in [5.41, 5.74) is 0.244. The second-order valence-electron chi connectivity index (χ2n) is 3.26. The van der Waals surface area contributed by atoms with Crippen LogP contribution in [-0.2, 0) is 0 Å². The number of hydrogen-bond donors (Lipinski definition) is 0. The molecule has 0 bridgehead atoms. The van der Waals surface area contributed by atoms with Crippen molar-refractivity contribution in [2.75, 3.05) is 0 Å². The predicted molar refractivity (Wildman–Crippen MR) is 59.3 cm³/mol. The van der Waals surface area contributed by atoms with E-state index < -0.39 is 11.6 Å². The van der Waals surface area contributed by atoms with Crippen LogP contribution in [0.1, 0.15) is 5.56 Å². The lowest BCUT2D eigenvalue weighted by Gasteiger charge is -2.06. The van der Waals surface area contributed by atoms with Crippen molar-refractivity contribution >= 4 is 11.6 Å². The van der Waals surface area contributed by atoms with Crippen LogP contribution in [0.25, 0.3) is 11.1 Å².